The van der Waals surface area contributed by atoms with Gasteiger partial charge in [0.1, 0.15) is 5.54 Å². The number of fused-ring (bicyclic) bond motifs is 1. The van der Waals surface area contributed by atoms with Gasteiger partial charge in [0.15, 0.2) is 5.65 Å². The normalized spacial score (nSPS) is 15.8. The lowest BCUT2D eigenvalue weighted by Crippen LogP contribution is -2.43. The van der Waals surface area contributed by atoms with Crippen LogP contribution in [0.3, 0.4) is 0 Å². The van der Waals surface area contributed by atoms with E-state index in [9.17, 15) is 14.4 Å². The number of nitrogens with one attached hydrogen (secondary N) is 1. The van der Waals surface area contributed by atoms with Crippen molar-refractivity contribution in [1.82, 2.24) is 19.5 Å². The number of amides is 1. The number of aryl methyl sites for hydroxylation is 1. The van der Waals surface area contributed by atoms with E-state index in [0.717, 1.165) is 0 Å². The van der Waals surface area contributed by atoms with E-state index in [1.54, 1.807) is 24.4 Å². The van der Waals surface area contributed by atoms with Crippen molar-refractivity contribution in [3.8, 4) is 0 Å². The van der Waals surface area contributed by atoms with Crippen LogP contribution < -0.4 is 11.0 Å². The molecule has 0 atom stereocenters. The van der Waals surface area contributed by atoms with E-state index < -0.39 is 11.5 Å². The van der Waals surface area contributed by atoms with Crippen molar-refractivity contribution in [2.75, 3.05) is 0 Å². The molecule has 0 saturated heterocycles. The maximum atomic E-state index is 12.0. The molecule has 0 unspecified atom stereocenters. The first-order valence-corrected chi connectivity index (χ1v) is 6.60. The van der Waals surface area contributed by atoms with Crippen molar-refractivity contribution in [2.45, 2.75) is 31.3 Å². The molecule has 3 rings (SSSR count). The molecule has 110 valence electrons. The fourth-order valence-corrected chi connectivity index (χ4v) is 2.17. The molecule has 0 bridgehead atoms. The van der Waals surface area contributed by atoms with Gasteiger partial charge in [-0.15, -0.1) is 5.10 Å². The Balaban J connectivity index is 1.67. The molecule has 2 heterocycles. The highest BCUT2D eigenvalue weighted by Crippen LogP contribution is 2.35. The molecule has 8 nitrogen and oxygen atoms in total. The van der Waals surface area contributed by atoms with E-state index >= 15 is 0 Å². The summed E-state index contributed by atoms with van der Waals surface area (Å²) < 4.78 is 2.59. The number of aromatic nitrogens is 3. The number of carboxylic acids is 1. The van der Waals surface area contributed by atoms with Gasteiger partial charge in [0, 0.05) is 12.6 Å². The summed E-state index contributed by atoms with van der Waals surface area (Å²) >= 11 is 0. The Bertz CT molecular complexity index is 772. The average Bonchev–Trinajstić information content (AvgIpc) is 3.17. The molecular weight excluding hydrogens is 276 g/mol. The van der Waals surface area contributed by atoms with Gasteiger partial charge in [0.2, 0.25) is 5.91 Å². The lowest BCUT2D eigenvalue weighted by Gasteiger charge is -2.11. The van der Waals surface area contributed by atoms with Crippen molar-refractivity contribution in [2.24, 2.45) is 0 Å². The van der Waals surface area contributed by atoms with Gasteiger partial charge in [-0.2, -0.15) is 0 Å². The average molecular weight is 290 g/mol. The number of rotatable bonds is 5. The molecule has 1 amide bonds. The Labute approximate surface area is 119 Å². The largest absolute Gasteiger partial charge is 0.480 e. The maximum Gasteiger partial charge on any atom is 0.350 e. The number of nitrogens with zero attached hydrogens (tertiary/aromatic N) is 3. The Morgan fingerprint density at radius 1 is 1.38 bits per heavy atom. The Hall–Kier alpha value is -2.64. The summed E-state index contributed by atoms with van der Waals surface area (Å²) in [7, 11) is 0. The SMILES string of the molecule is O=C(CCn1nc2ccccn2c1=O)NC1(C(=O)O)CC1. The van der Waals surface area contributed by atoms with Crippen LogP contribution in [-0.4, -0.2) is 36.7 Å². The van der Waals surface area contributed by atoms with Gasteiger partial charge in [-0.25, -0.2) is 14.3 Å². The summed E-state index contributed by atoms with van der Waals surface area (Å²) in [4.78, 5) is 34.7. The zero-order chi connectivity index (χ0) is 15.0. The van der Waals surface area contributed by atoms with Gasteiger partial charge in [0.25, 0.3) is 0 Å². The predicted octanol–water partition coefficient (Wildman–Crippen LogP) is -0.381. The second-order valence-corrected chi connectivity index (χ2v) is 5.12. The number of carbonyl (C=O) groups excluding carboxylic acids is 1. The van der Waals surface area contributed by atoms with E-state index in [1.165, 1.54) is 9.08 Å². The quantitative estimate of drug-likeness (QED) is 0.781. The Kier molecular flexibility index (Phi) is 3.00. The monoisotopic (exact) mass is 290 g/mol. The lowest BCUT2D eigenvalue weighted by molar-refractivity contribution is -0.143. The minimum absolute atomic E-state index is 0.0127. The van der Waals surface area contributed by atoms with Crippen LogP contribution in [0.1, 0.15) is 19.3 Å². The molecular formula is C13H14N4O4. The Morgan fingerprint density at radius 3 is 2.76 bits per heavy atom. The van der Waals surface area contributed by atoms with E-state index in [4.69, 9.17) is 5.11 Å². The van der Waals surface area contributed by atoms with Gasteiger partial charge in [0.05, 0.1) is 6.54 Å². The van der Waals surface area contributed by atoms with Gasteiger partial charge in [-0.3, -0.25) is 9.20 Å². The molecule has 1 aliphatic rings. The highest BCUT2D eigenvalue weighted by atomic mass is 16.4. The Morgan fingerprint density at radius 2 is 2.14 bits per heavy atom. The lowest BCUT2D eigenvalue weighted by atomic mass is 10.2. The summed E-state index contributed by atoms with van der Waals surface area (Å²) in [5, 5.41) is 15.6. The van der Waals surface area contributed by atoms with Crippen LogP contribution in [0.15, 0.2) is 29.2 Å². The molecule has 2 N–H and O–H groups in total. The first-order valence-electron chi connectivity index (χ1n) is 6.60. The third-order valence-electron chi connectivity index (χ3n) is 3.58. The predicted molar refractivity (Wildman–Crippen MR) is 71.8 cm³/mol. The standard InChI is InChI=1S/C13H14N4O4/c18-10(14-13(5-6-13)11(19)20)4-8-17-12(21)16-7-2-1-3-9(16)15-17/h1-3,7H,4-6,8H2,(H,14,18)(H,19,20). The fraction of sp³-hybridized carbons (Fsp3) is 0.385. The van der Waals surface area contributed by atoms with Crippen molar-refractivity contribution < 1.29 is 14.7 Å². The third kappa shape index (κ3) is 2.39. The maximum absolute atomic E-state index is 12.0. The molecule has 1 fully saturated rings. The molecule has 2 aromatic rings. The fourth-order valence-electron chi connectivity index (χ4n) is 2.17. The van der Waals surface area contributed by atoms with E-state index in [-0.39, 0.29) is 24.6 Å². The van der Waals surface area contributed by atoms with Crippen LogP contribution in [-0.2, 0) is 16.1 Å². The topological polar surface area (TPSA) is 106 Å². The highest BCUT2D eigenvalue weighted by molar-refractivity contribution is 5.89. The number of carboxylic acid groups (broad SMARTS) is 1. The summed E-state index contributed by atoms with van der Waals surface area (Å²) in [6, 6.07) is 5.18. The highest BCUT2D eigenvalue weighted by Gasteiger charge is 2.51. The summed E-state index contributed by atoms with van der Waals surface area (Å²) in [6.07, 6.45) is 2.51. The first kappa shape index (κ1) is 13.3. The number of pyridine rings is 1. The van der Waals surface area contributed by atoms with Crippen molar-refractivity contribution in [1.29, 1.82) is 0 Å². The molecule has 0 spiro atoms. The van der Waals surface area contributed by atoms with Crippen molar-refractivity contribution >= 4 is 17.5 Å². The van der Waals surface area contributed by atoms with Crippen LogP contribution in [0, 0.1) is 0 Å². The smallest absolute Gasteiger partial charge is 0.350 e. The molecule has 2 aromatic heterocycles. The van der Waals surface area contributed by atoms with E-state index in [2.05, 4.69) is 10.4 Å². The number of hydrogen-bond acceptors (Lipinski definition) is 4. The number of carbonyl (C=O) groups is 2. The molecule has 0 aromatic carbocycles. The van der Waals surface area contributed by atoms with Crippen LogP contribution >= 0.6 is 0 Å². The number of aliphatic carboxylic acids is 1. The second-order valence-electron chi connectivity index (χ2n) is 5.12. The summed E-state index contributed by atoms with van der Waals surface area (Å²) in [5.41, 5.74) is -0.911. The van der Waals surface area contributed by atoms with E-state index in [1.807, 2.05) is 0 Å². The molecule has 0 radical (unpaired) electrons. The zero-order valence-electron chi connectivity index (χ0n) is 11.2. The zero-order valence-corrected chi connectivity index (χ0v) is 11.2. The van der Waals surface area contributed by atoms with Crippen LogP contribution in [0.4, 0.5) is 0 Å². The molecule has 21 heavy (non-hydrogen) atoms. The molecule has 1 aliphatic carbocycles. The summed E-state index contributed by atoms with van der Waals surface area (Å²) in [6.45, 7) is 0.113. The molecule has 8 heteroatoms. The van der Waals surface area contributed by atoms with Gasteiger partial charge >= 0.3 is 11.7 Å². The molecule has 0 aliphatic heterocycles. The minimum atomic E-state index is -1.10. The van der Waals surface area contributed by atoms with Crippen molar-refractivity contribution in [3.05, 3.63) is 34.9 Å². The summed E-state index contributed by atoms with van der Waals surface area (Å²) in [5.74, 6) is -1.40. The first-order chi connectivity index (χ1) is 10.0. The van der Waals surface area contributed by atoms with Gasteiger partial charge in [-0.1, -0.05) is 6.07 Å². The third-order valence-corrected chi connectivity index (χ3v) is 3.58. The van der Waals surface area contributed by atoms with Crippen LogP contribution in [0.2, 0.25) is 0 Å². The van der Waals surface area contributed by atoms with Crippen molar-refractivity contribution in [3.63, 3.8) is 0 Å². The van der Waals surface area contributed by atoms with E-state index in [0.29, 0.717) is 18.5 Å². The number of hydrogen-bond donors (Lipinski definition) is 2. The second kappa shape index (κ2) is 4.72. The van der Waals surface area contributed by atoms with Gasteiger partial charge < -0.3 is 10.4 Å². The van der Waals surface area contributed by atoms with Crippen LogP contribution in [0.25, 0.3) is 5.65 Å². The van der Waals surface area contributed by atoms with Gasteiger partial charge in [-0.05, 0) is 25.0 Å². The minimum Gasteiger partial charge on any atom is -0.480 e. The van der Waals surface area contributed by atoms with Crippen LogP contribution in [0.5, 0.6) is 0 Å². The molecule has 1 saturated carbocycles.